The van der Waals surface area contributed by atoms with Gasteiger partial charge in [0.05, 0.1) is 164 Å². The Hall–Kier alpha value is -14.2. The Morgan fingerprint density at radius 3 is 1.25 bits per heavy atom. The number of rotatable bonds is 26. The molecule has 3 aliphatic heterocycles. The molecule has 14 aromatic rings. The third kappa shape index (κ3) is 17.4. The van der Waals surface area contributed by atoms with E-state index in [1.54, 1.807) is 137 Å². The monoisotopic (exact) mass is 1610 g/mol. The molecule has 8 aromatic carbocycles. The second-order valence-corrected chi connectivity index (χ2v) is 29.6. The summed E-state index contributed by atoms with van der Waals surface area (Å²) in [6.07, 6.45) is 18.5. The number of hydrogen-bond donors (Lipinski definition) is 1. The molecule has 3 aliphatic rings. The first-order valence-electron chi connectivity index (χ1n) is 39.4. The molecular formula is C91H92N18O11. The number of anilines is 6. The van der Waals surface area contributed by atoms with Crippen molar-refractivity contribution in [1.82, 2.24) is 74.4 Å². The SMILES string of the molecule is COc1cc(OC)cc(N(CC(C)N2C(=O)c3ccccc3C2=O)c2ccc3ncc(-c4cnn(C)c4)nc3c2)c1.COc1cc(OC)cc(N(CCNC(C)C)c2ccc3ncc(-c4cnn(C5CCOCC5)c4)nc3c2)c1.COc1cc(OC)cc(N(c2ccc3ncc(-c4cnn(C)c4)nc3c2)C(C)CN2C(=O)c3ccccc3C2=O)c1. The van der Waals surface area contributed by atoms with Crippen molar-refractivity contribution in [3.63, 3.8) is 0 Å². The second kappa shape index (κ2) is 35.7. The summed E-state index contributed by atoms with van der Waals surface area (Å²) in [6, 6.07) is 48.7. The van der Waals surface area contributed by atoms with Gasteiger partial charge in [0.15, 0.2) is 0 Å². The fourth-order valence-electron chi connectivity index (χ4n) is 15.1. The van der Waals surface area contributed by atoms with E-state index in [-0.39, 0.29) is 36.2 Å². The first-order valence-corrected chi connectivity index (χ1v) is 39.4. The molecule has 0 radical (unpaired) electrons. The Balaban J connectivity index is 0.000000140. The highest BCUT2D eigenvalue weighted by Gasteiger charge is 2.40. The van der Waals surface area contributed by atoms with E-state index in [1.807, 2.05) is 152 Å². The first kappa shape index (κ1) is 81.0. The molecule has 1 fully saturated rings. The molecule has 2 unspecified atom stereocenters. The van der Waals surface area contributed by atoms with Gasteiger partial charge in [0.1, 0.15) is 34.5 Å². The van der Waals surface area contributed by atoms with Crippen LogP contribution in [0.2, 0.25) is 0 Å². The Morgan fingerprint density at radius 2 is 0.825 bits per heavy atom. The molecule has 6 aromatic heterocycles. The fourth-order valence-corrected chi connectivity index (χ4v) is 15.1. The zero-order valence-electron chi connectivity index (χ0n) is 68.8. The largest absolute Gasteiger partial charge is 0.497 e. The highest BCUT2D eigenvalue weighted by atomic mass is 16.5. The van der Waals surface area contributed by atoms with Crippen LogP contribution in [0.25, 0.3) is 66.9 Å². The molecule has 4 amide bonds. The van der Waals surface area contributed by atoms with Crippen molar-refractivity contribution in [3.8, 4) is 68.3 Å². The minimum absolute atomic E-state index is 0.158. The molecule has 29 nitrogen and oxygen atoms in total. The van der Waals surface area contributed by atoms with Gasteiger partial charge in [0.25, 0.3) is 23.6 Å². The van der Waals surface area contributed by atoms with E-state index < -0.39 is 6.04 Å². The average Bonchev–Trinajstić information content (AvgIpc) is 1.56. The molecule has 0 spiro atoms. The van der Waals surface area contributed by atoms with Crippen LogP contribution in [0, 0.1) is 0 Å². The number of carbonyl (C=O) groups excluding carboxylic acids is 4. The Kier molecular flexibility index (Phi) is 24.1. The standard InChI is InChI=1S/2C31H28N6O4.C29H36N6O3/c1-19(17-36-30(38)25-7-5-6-8-26(25)31(36)39)37(22-11-23(40-3)14-24(12-22)41-4)21-9-10-27-28(13-21)34-29(16-32-27)20-15-33-35(2)18-20;1-19(37-30(38)25-7-5-6-8-26(25)31(37)39)17-36(22-11-23(40-3)14-24(12-22)41-4)21-9-10-27-28(13-21)34-29(16-32-27)20-15-33-35(2)18-20;1-20(2)30-9-10-34(24-13-25(36-3)16-26(14-24)37-4)23-5-6-27-28(15-23)33-29(18-31-27)21-17-32-35(19-21)22-7-11-38-12-8-22/h2*5-16,18-19H,17H2,1-4H3;5-6,13-20,22,30H,7-12H2,1-4H3. The summed E-state index contributed by atoms with van der Waals surface area (Å²) in [7, 11) is 13.4. The molecule has 2 atom stereocenters. The number of methoxy groups -OCH3 is 6. The number of aromatic nitrogens is 12. The lowest BCUT2D eigenvalue weighted by Crippen LogP contribution is -2.44. The van der Waals surface area contributed by atoms with E-state index >= 15 is 0 Å². The van der Waals surface area contributed by atoms with Crippen molar-refractivity contribution >= 4 is 90.9 Å². The number of imide groups is 2. The number of nitrogens with one attached hydrogen (secondary N) is 1. The van der Waals surface area contributed by atoms with Gasteiger partial charge in [0, 0.05) is 190 Å². The van der Waals surface area contributed by atoms with Gasteiger partial charge in [-0.05, 0) is 106 Å². The van der Waals surface area contributed by atoms with Crippen LogP contribution < -0.4 is 48.4 Å². The molecule has 29 heteroatoms. The number of ether oxygens (including phenoxy) is 7. The van der Waals surface area contributed by atoms with Crippen LogP contribution in [0.5, 0.6) is 34.5 Å². The quantitative estimate of drug-likeness (QED) is 0.0493. The molecule has 0 saturated carbocycles. The second-order valence-electron chi connectivity index (χ2n) is 29.6. The maximum absolute atomic E-state index is 13.3. The topological polar surface area (TPSA) is 292 Å². The van der Waals surface area contributed by atoms with Gasteiger partial charge in [0.2, 0.25) is 0 Å². The molecule has 1 saturated heterocycles. The predicted octanol–water partition coefficient (Wildman–Crippen LogP) is 14.7. The van der Waals surface area contributed by atoms with Crippen LogP contribution >= 0.6 is 0 Å². The lowest BCUT2D eigenvalue weighted by atomic mass is 10.1. The van der Waals surface area contributed by atoms with Crippen molar-refractivity contribution < 1.29 is 52.3 Å². The molecule has 1 N–H and O–H groups in total. The first-order chi connectivity index (χ1) is 58.2. The molecule has 17 rings (SSSR count). The average molecular weight is 1610 g/mol. The minimum Gasteiger partial charge on any atom is -0.497 e. The Morgan fingerprint density at radius 1 is 0.433 bits per heavy atom. The molecular weight excluding hydrogens is 1520 g/mol. The predicted molar refractivity (Wildman–Crippen MR) is 459 cm³/mol. The van der Waals surface area contributed by atoms with Crippen molar-refractivity contribution in [2.75, 3.05) is 96.8 Å². The third-order valence-electron chi connectivity index (χ3n) is 21.2. The van der Waals surface area contributed by atoms with E-state index in [0.29, 0.717) is 86.3 Å². The van der Waals surface area contributed by atoms with Crippen molar-refractivity contribution in [2.45, 2.75) is 64.7 Å². The smallest absolute Gasteiger partial charge is 0.261 e. The van der Waals surface area contributed by atoms with Gasteiger partial charge in [-0.3, -0.25) is 58.0 Å². The Bertz CT molecular complexity index is 5980. The van der Waals surface area contributed by atoms with Crippen molar-refractivity contribution in [3.05, 3.63) is 236 Å². The van der Waals surface area contributed by atoms with E-state index in [4.69, 9.17) is 53.1 Å². The van der Waals surface area contributed by atoms with E-state index in [1.165, 1.54) is 9.80 Å². The van der Waals surface area contributed by atoms with Crippen LogP contribution in [0.1, 0.15) is 88.0 Å². The number of carbonyl (C=O) groups is 4. The summed E-state index contributed by atoms with van der Waals surface area (Å²) in [6.45, 7) is 11.7. The maximum Gasteiger partial charge on any atom is 0.261 e. The number of hydrogen-bond acceptors (Lipinski definition) is 24. The van der Waals surface area contributed by atoms with E-state index in [0.717, 1.165) is 129 Å². The van der Waals surface area contributed by atoms with Crippen LogP contribution in [-0.4, -0.2) is 193 Å². The zero-order valence-corrected chi connectivity index (χ0v) is 68.8. The van der Waals surface area contributed by atoms with Crippen molar-refractivity contribution in [2.24, 2.45) is 14.1 Å². The Labute approximate surface area is 693 Å². The number of benzene rings is 8. The fraction of sp³-hybridized carbons (Fsp3) is 0.264. The molecule has 0 bridgehead atoms. The molecule has 9 heterocycles. The van der Waals surface area contributed by atoms with Crippen LogP contribution in [0.4, 0.5) is 34.1 Å². The van der Waals surface area contributed by atoms with Crippen LogP contribution in [0.15, 0.2) is 213 Å². The molecule has 120 heavy (non-hydrogen) atoms. The number of nitrogens with zero attached hydrogens (tertiary/aromatic N) is 17. The molecule has 0 aliphatic carbocycles. The summed E-state index contributed by atoms with van der Waals surface area (Å²) >= 11 is 0. The summed E-state index contributed by atoms with van der Waals surface area (Å²) in [5, 5.41) is 16.6. The lowest BCUT2D eigenvalue weighted by molar-refractivity contribution is 0.0597. The van der Waals surface area contributed by atoms with Gasteiger partial charge >= 0.3 is 0 Å². The highest BCUT2D eigenvalue weighted by molar-refractivity contribution is 6.22. The van der Waals surface area contributed by atoms with Gasteiger partial charge in [-0.25, -0.2) is 15.0 Å². The summed E-state index contributed by atoms with van der Waals surface area (Å²) < 4.78 is 44.3. The van der Waals surface area contributed by atoms with Gasteiger partial charge < -0.3 is 53.2 Å². The zero-order chi connectivity index (χ0) is 83.8. The number of aryl methyl sites for hydroxylation is 2. The van der Waals surface area contributed by atoms with Gasteiger partial charge in [-0.1, -0.05) is 38.1 Å². The summed E-state index contributed by atoms with van der Waals surface area (Å²) in [4.78, 5) is 90.6. The summed E-state index contributed by atoms with van der Waals surface area (Å²) in [5.41, 5.74) is 16.2. The highest BCUT2D eigenvalue weighted by Crippen LogP contribution is 2.41. The van der Waals surface area contributed by atoms with Crippen LogP contribution in [-0.2, 0) is 18.8 Å². The van der Waals surface area contributed by atoms with Gasteiger partial charge in [-0.2, -0.15) is 15.3 Å². The third-order valence-corrected chi connectivity index (χ3v) is 21.2. The number of amides is 4. The minimum atomic E-state index is -0.469. The van der Waals surface area contributed by atoms with Crippen molar-refractivity contribution in [1.29, 1.82) is 0 Å². The van der Waals surface area contributed by atoms with E-state index in [9.17, 15) is 19.2 Å². The lowest BCUT2D eigenvalue weighted by Gasteiger charge is -2.34. The van der Waals surface area contributed by atoms with Crippen LogP contribution in [0.3, 0.4) is 0 Å². The van der Waals surface area contributed by atoms with Gasteiger partial charge in [-0.15, -0.1) is 0 Å². The normalized spacial score (nSPS) is 13.7. The number of fused-ring (bicyclic) bond motifs is 5. The summed E-state index contributed by atoms with van der Waals surface area (Å²) in [5.74, 6) is 2.72. The molecule has 612 valence electrons. The van der Waals surface area contributed by atoms with E-state index in [2.05, 4.69) is 67.7 Å². The maximum atomic E-state index is 13.3.